The third-order valence-electron chi connectivity index (χ3n) is 3.32. The van der Waals surface area contributed by atoms with Crippen LogP contribution in [0.2, 0.25) is 0 Å². The van der Waals surface area contributed by atoms with Gasteiger partial charge in [-0.2, -0.15) is 13.2 Å². The van der Waals surface area contributed by atoms with Gasteiger partial charge in [0.2, 0.25) is 5.95 Å². The Morgan fingerprint density at radius 1 is 1.07 bits per heavy atom. The summed E-state index contributed by atoms with van der Waals surface area (Å²) in [7, 11) is 0. The van der Waals surface area contributed by atoms with E-state index in [0.29, 0.717) is 32.1 Å². The zero-order chi connectivity index (χ0) is 19.7. The summed E-state index contributed by atoms with van der Waals surface area (Å²) >= 11 is 0. The number of hydrogen-bond donors (Lipinski definition) is 3. The lowest BCUT2D eigenvalue weighted by Gasteiger charge is -2.12. The molecule has 1 aromatic carbocycles. The summed E-state index contributed by atoms with van der Waals surface area (Å²) in [5, 5.41) is 8.82. The largest absolute Gasteiger partial charge is 0.433 e. The summed E-state index contributed by atoms with van der Waals surface area (Å²) in [5.41, 5.74) is -0.147. The highest BCUT2D eigenvalue weighted by Crippen LogP contribution is 2.27. The van der Waals surface area contributed by atoms with E-state index >= 15 is 0 Å². The van der Waals surface area contributed by atoms with Gasteiger partial charge in [-0.05, 0) is 30.7 Å². The molecule has 0 radical (unpaired) electrons. The van der Waals surface area contributed by atoms with Gasteiger partial charge in [0, 0.05) is 25.8 Å². The predicted molar refractivity (Wildman–Crippen MR) is 110 cm³/mol. The van der Waals surface area contributed by atoms with E-state index in [1.807, 2.05) is 6.92 Å². The molecule has 0 unspecified atom stereocenters. The summed E-state index contributed by atoms with van der Waals surface area (Å²) in [5.74, 6) is 0.129. The number of aliphatic imine (C=N–C) groups is 1. The molecule has 0 saturated carbocycles. The molecule has 1 heterocycles. The number of nitrogens with one attached hydrogen (secondary N) is 3. The van der Waals surface area contributed by atoms with Crippen molar-refractivity contribution in [3.05, 3.63) is 53.6 Å². The fraction of sp³-hybridized carbons (Fsp3) is 0.353. The van der Waals surface area contributed by atoms with E-state index in [4.69, 9.17) is 0 Å². The molecule has 0 fully saturated rings. The van der Waals surface area contributed by atoms with E-state index in [-0.39, 0.29) is 35.7 Å². The van der Waals surface area contributed by atoms with Crippen LogP contribution in [-0.4, -0.2) is 35.6 Å². The molecule has 154 valence electrons. The highest BCUT2D eigenvalue weighted by atomic mass is 127. The highest BCUT2D eigenvalue weighted by molar-refractivity contribution is 14.0. The maximum atomic E-state index is 12.9. The molecule has 3 N–H and O–H groups in total. The van der Waals surface area contributed by atoms with Crippen molar-refractivity contribution >= 4 is 35.9 Å². The van der Waals surface area contributed by atoms with Crippen molar-refractivity contribution in [1.82, 2.24) is 20.6 Å². The van der Waals surface area contributed by atoms with Crippen molar-refractivity contribution in [2.45, 2.75) is 19.6 Å². The van der Waals surface area contributed by atoms with Gasteiger partial charge >= 0.3 is 6.18 Å². The molecule has 0 spiro atoms. The van der Waals surface area contributed by atoms with Gasteiger partial charge < -0.3 is 16.0 Å². The van der Waals surface area contributed by atoms with Crippen molar-refractivity contribution in [2.75, 3.05) is 25.0 Å². The smallest absolute Gasteiger partial charge is 0.357 e. The first kappa shape index (κ1) is 23.9. The normalized spacial score (nSPS) is 11.5. The Labute approximate surface area is 177 Å². The number of anilines is 1. The number of guanidine groups is 1. The Kier molecular flexibility index (Phi) is 9.90. The zero-order valence-corrected chi connectivity index (χ0v) is 17.4. The van der Waals surface area contributed by atoms with Crippen LogP contribution in [0.5, 0.6) is 0 Å². The number of hydrogen-bond acceptors (Lipinski definition) is 4. The Balaban J connectivity index is 0.00000392. The van der Waals surface area contributed by atoms with Crippen molar-refractivity contribution in [1.29, 1.82) is 0 Å². The number of benzene rings is 1. The molecular weight excluding hydrogens is 491 g/mol. The average Bonchev–Trinajstić information content (AvgIpc) is 2.64. The van der Waals surface area contributed by atoms with E-state index in [2.05, 4.69) is 30.9 Å². The molecule has 11 heteroatoms. The molecular formula is C17H21F4IN6. The molecule has 0 aliphatic carbocycles. The first-order chi connectivity index (χ1) is 12.9. The van der Waals surface area contributed by atoms with Crippen molar-refractivity contribution < 1.29 is 17.6 Å². The van der Waals surface area contributed by atoms with Gasteiger partial charge in [-0.3, -0.25) is 0 Å². The van der Waals surface area contributed by atoms with Crippen LogP contribution >= 0.6 is 24.0 Å². The lowest BCUT2D eigenvalue weighted by Crippen LogP contribution is -2.39. The molecule has 2 rings (SSSR count). The number of aromatic nitrogens is 2. The summed E-state index contributed by atoms with van der Waals surface area (Å²) in [4.78, 5) is 11.6. The highest BCUT2D eigenvalue weighted by Gasteiger charge is 2.32. The molecule has 1 aromatic heterocycles. The second kappa shape index (κ2) is 11.6. The summed E-state index contributed by atoms with van der Waals surface area (Å²) < 4.78 is 50.8. The lowest BCUT2D eigenvalue weighted by atomic mass is 10.2. The Hall–Kier alpha value is -2.18. The van der Waals surface area contributed by atoms with Crippen LogP contribution in [-0.2, 0) is 12.7 Å². The Morgan fingerprint density at radius 3 is 2.43 bits per heavy atom. The van der Waals surface area contributed by atoms with Crippen molar-refractivity contribution in [3.63, 3.8) is 0 Å². The summed E-state index contributed by atoms with van der Waals surface area (Å²) in [6.07, 6.45) is -3.46. The van der Waals surface area contributed by atoms with Crippen LogP contribution in [0.1, 0.15) is 18.2 Å². The second-order valence-corrected chi connectivity index (χ2v) is 5.44. The van der Waals surface area contributed by atoms with Gasteiger partial charge in [0.25, 0.3) is 0 Å². The Morgan fingerprint density at radius 2 is 1.79 bits per heavy atom. The maximum Gasteiger partial charge on any atom is 0.433 e. The van der Waals surface area contributed by atoms with Gasteiger partial charge in [0.15, 0.2) is 5.96 Å². The molecule has 0 atom stereocenters. The van der Waals surface area contributed by atoms with Crippen LogP contribution in [0.3, 0.4) is 0 Å². The monoisotopic (exact) mass is 512 g/mol. The molecule has 6 nitrogen and oxygen atoms in total. The number of rotatable bonds is 7. The van der Waals surface area contributed by atoms with Gasteiger partial charge in [-0.15, -0.1) is 24.0 Å². The zero-order valence-electron chi connectivity index (χ0n) is 15.1. The third-order valence-corrected chi connectivity index (χ3v) is 3.32. The standard InChI is InChI=1S/C17H20F4N6.HI/c1-2-22-15(26-11-12-3-5-13(18)6-4-12)24-9-10-25-16-23-8-7-14(27-16)17(19,20)21;/h3-8H,2,9-11H2,1H3,(H2,22,24,26)(H,23,25,27);1H. The van der Waals surface area contributed by atoms with Gasteiger partial charge in [0.1, 0.15) is 11.5 Å². The fourth-order valence-corrected chi connectivity index (χ4v) is 2.06. The molecule has 0 bridgehead atoms. The number of halogens is 5. The molecule has 0 aliphatic heterocycles. The number of nitrogens with zero attached hydrogens (tertiary/aromatic N) is 3. The van der Waals surface area contributed by atoms with E-state index in [9.17, 15) is 17.6 Å². The van der Waals surface area contributed by atoms with Crippen LogP contribution in [0.25, 0.3) is 0 Å². The van der Waals surface area contributed by atoms with E-state index < -0.39 is 11.9 Å². The minimum absolute atomic E-state index is 0. The van der Waals surface area contributed by atoms with Gasteiger partial charge in [-0.1, -0.05) is 12.1 Å². The van der Waals surface area contributed by atoms with Crippen LogP contribution < -0.4 is 16.0 Å². The Bertz CT molecular complexity index is 752. The van der Waals surface area contributed by atoms with Gasteiger partial charge in [-0.25, -0.2) is 19.4 Å². The predicted octanol–water partition coefficient (Wildman–Crippen LogP) is 3.42. The van der Waals surface area contributed by atoms with Crippen molar-refractivity contribution in [3.8, 4) is 0 Å². The van der Waals surface area contributed by atoms with Gasteiger partial charge in [0.05, 0.1) is 6.54 Å². The van der Waals surface area contributed by atoms with Crippen LogP contribution in [0.4, 0.5) is 23.5 Å². The van der Waals surface area contributed by atoms with E-state index in [1.165, 1.54) is 12.1 Å². The molecule has 0 aliphatic rings. The molecule has 2 aromatic rings. The molecule has 0 amide bonds. The number of alkyl halides is 3. The second-order valence-electron chi connectivity index (χ2n) is 5.44. The SMILES string of the molecule is CCNC(=NCc1ccc(F)cc1)NCCNc1nccc(C(F)(F)F)n1.I. The molecule has 28 heavy (non-hydrogen) atoms. The third kappa shape index (κ3) is 8.23. The lowest BCUT2D eigenvalue weighted by molar-refractivity contribution is -0.141. The first-order valence-electron chi connectivity index (χ1n) is 8.29. The fourth-order valence-electron chi connectivity index (χ4n) is 2.06. The minimum atomic E-state index is -4.51. The summed E-state index contributed by atoms with van der Waals surface area (Å²) in [6, 6.07) is 6.84. The maximum absolute atomic E-state index is 12.9. The van der Waals surface area contributed by atoms with Crippen LogP contribution in [0, 0.1) is 5.82 Å². The topological polar surface area (TPSA) is 74.2 Å². The average molecular weight is 512 g/mol. The van der Waals surface area contributed by atoms with E-state index in [1.54, 1.807) is 12.1 Å². The summed E-state index contributed by atoms with van der Waals surface area (Å²) in [6.45, 7) is 3.58. The molecule has 0 saturated heterocycles. The van der Waals surface area contributed by atoms with Crippen molar-refractivity contribution in [2.24, 2.45) is 4.99 Å². The quantitative estimate of drug-likeness (QED) is 0.174. The van der Waals surface area contributed by atoms with Crippen LogP contribution in [0.15, 0.2) is 41.5 Å². The minimum Gasteiger partial charge on any atom is -0.357 e. The van der Waals surface area contributed by atoms with E-state index in [0.717, 1.165) is 17.8 Å². The first-order valence-corrected chi connectivity index (χ1v) is 8.29.